The minimum Gasteiger partial charge on any atom is -0.396 e. The number of benzene rings is 1. The van der Waals surface area contributed by atoms with E-state index in [1.807, 2.05) is 0 Å². The van der Waals surface area contributed by atoms with Crippen molar-refractivity contribution in [3.63, 3.8) is 0 Å². The predicted octanol–water partition coefficient (Wildman–Crippen LogP) is 2.12. The number of nitrogen functional groups attached to an aromatic ring is 1. The van der Waals surface area contributed by atoms with Gasteiger partial charge in [0.05, 0.1) is 16.4 Å². The molecule has 7 heteroatoms. The number of pyridine rings is 1. The summed E-state index contributed by atoms with van der Waals surface area (Å²) in [4.78, 5) is 3.76. The van der Waals surface area contributed by atoms with Crippen LogP contribution in [0.3, 0.4) is 0 Å². The number of hydrogen-bond acceptors (Lipinski definition) is 4. The normalized spacial score (nSPS) is 11.2. The topological polar surface area (TPSA) is 85.1 Å². The second-order valence-electron chi connectivity index (χ2n) is 3.48. The summed E-state index contributed by atoms with van der Waals surface area (Å²) in [5.41, 5.74) is 5.95. The van der Waals surface area contributed by atoms with Crippen molar-refractivity contribution < 1.29 is 8.42 Å². The average Bonchev–Trinajstić information content (AvgIpc) is 2.32. The Bertz CT molecular complexity index is 673. The lowest BCUT2D eigenvalue weighted by atomic mass is 10.3. The molecule has 94 valence electrons. The van der Waals surface area contributed by atoms with Gasteiger partial charge in [0.1, 0.15) is 0 Å². The molecule has 18 heavy (non-hydrogen) atoms. The first kappa shape index (κ1) is 12.7. The Hall–Kier alpha value is -1.79. The number of aromatic nitrogens is 1. The molecule has 2 rings (SSSR count). The fraction of sp³-hybridized carbons (Fsp3) is 0. The van der Waals surface area contributed by atoms with Crippen LogP contribution in [0.15, 0.2) is 47.6 Å². The van der Waals surface area contributed by atoms with E-state index in [9.17, 15) is 8.42 Å². The van der Waals surface area contributed by atoms with Crippen LogP contribution in [0.5, 0.6) is 0 Å². The van der Waals surface area contributed by atoms with E-state index in [-0.39, 0.29) is 16.4 Å². The lowest BCUT2D eigenvalue weighted by molar-refractivity contribution is 0.598. The van der Waals surface area contributed by atoms with Crippen LogP contribution in [0, 0.1) is 0 Å². The summed E-state index contributed by atoms with van der Waals surface area (Å²) < 4.78 is 26.5. The Morgan fingerprint density at radius 1 is 1.17 bits per heavy atom. The molecule has 0 radical (unpaired) electrons. The van der Waals surface area contributed by atoms with E-state index >= 15 is 0 Å². The molecule has 0 unspecified atom stereocenters. The van der Waals surface area contributed by atoms with Crippen molar-refractivity contribution in [2.75, 3.05) is 10.5 Å². The van der Waals surface area contributed by atoms with Crippen LogP contribution < -0.4 is 10.5 Å². The number of para-hydroxylation sites is 1. The number of halogens is 1. The highest BCUT2D eigenvalue weighted by molar-refractivity contribution is 7.92. The van der Waals surface area contributed by atoms with Gasteiger partial charge in [-0.2, -0.15) is 8.42 Å². The number of rotatable bonds is 3. The first-order chi connectivity index (χ1) is 8.50. The minimum atomic E-state index is -3.84. The van der Waals surface area contributed by atoms with Crippen molar-refractivity contribution in [2.45, 2.75) is 5.03 Å². The highest BCUT2D eigenvalue weighted by Crippen LogP contribution is 2.24. The molecule has 0 aliphatic heterocycles. The van der Waals surface area contributed by atoms with Gasteiger partial charge in [-0.05, 0) is 24.3 Å². The molecule has 0 aliphatic rings. The van der Waals surface area contributed by atoms with Gasteiger partial charge >= 0.3 is 0 Å². The summed E-state index contributed by atoms with van der Waals surface area (Å²) in [6.45, 7) is 0. The highest BCUT2D eigenvalue weighted by atomic mass is 35.5. The van der Waals surface area contributed by atoms with E-state index in [4.69, 9.17) is 17.3 Å². The molecule has 0 atom stereocenters. The van der Waals surface area contributed by atoms with Crippen molar-refractivity contribution in [1.29, 1.82) is 0 Å². The van der Waals surface area contributed by atoms with Crippen molar-refractivity contribution in [2.24, 2.45) is 0 Å². The van der Waals surface area contributed by atoms with Gasteiger partial charge in [0, 0.05) is 6.20 Å². The second-order valence-corrected chi connectivity index (χ2v) is 5.49. The lowest BCUT2D eigenvalue weighted by Crippen LogP contribution is -2.16. The molecule has 0 spiro atoms. The molecule has 0 saturated heterocycles. The van der Waals surface area contributed by atoms with Crippen LogP contribution >= 0.6 is 11.6 Å². The Morgan fingerprint density at radius 3 is 2.56 bits per heavy atom. The van der Waals surface area contributed by atoms with Crippen LogP contribution in [0.25, 0.3) is 0 Å². The molecule has 0 fully saturated rings. The third kappa shape index (κ3) is 2.55. The standard InChI is InChI=1S/C11H10ClN3O2S/c12-8-4-1-2-6-10(8)15-18(16,17)11-9(13)5-3-7-14-11/h1-7,15H,13H2. The summed E-state index contributed by atoms with van der Waals surface area (Å²) >= 11 is 5.88. The number of nitrogens with zero attached hydrogens (tertiary/aromatic N) is 1. The minimum absolute atomic E-state index is 0.0806. The van der Waals surface area contributed by atoms with E-state index < -0.39 is 10.0 Å². The maximum atomic E-state index is 12.1. The van der Waals surface area contributed by atoms with Gasteiger partial charge in [-0.15, -0.1) is 0 Å². The van der Waals surface area contributed by atoms with Crippen molar-refractivity contribution in [1.82, 2.24) is 4.98 Å². The van der Waals surface area contributed by atoms with Crippen LogP contribution in [0.2, 0.25) is 5.02 Å². The number of nitrogens with two attached hydrogens (primary N) is 1. The zero-order valence-electron chi connectivity index (χ0n) is 9.17. The maximum Gasteiger partial charge on any atom is 0.281 e. The summed E-state index contributed by atoms with van der Waals surface area (Å²) in [6.07, 6.45) is 1.36. The molecule has 1 heterocycles. The van der Waals surface area contributed by atoms with Gasteiger partial charge in [0.2, 0.25) is 0 Å². The zero-order valence-corrected chi connectivity index (χ0v) is 10.7. The molecule has 0 saturated carbocycles. The summed E-state index contributed by atoms with van der Waals surface area (Å²) in [5.74, 6) is 0. The molecule has 3 N–H and O–H groups in total. The third-order valence-corrected chi connectivity index (χ3v) is 3.84. The SMILES string of the molecule is Nc1cccnc1S(=O)(=O)Nc1ccccc1Cl. The summed E-state index contributed by atoms with van der Waals surface area (Å²) in [7, 11) is -3.84. The van der Waals surface area contributed by atoms with Gasteiger partial charge in [-0.1, -0.05) is 23.7 Å². The predicted molar refractivity (Wildman–Crippen MR) is 70.9 cm³/mol. The summed E-state index contributed by atoms with van der Waals surface area (Å²) in [6, 6.07) is 9.54. The largest absolute Gasteiger partial charge is 0.396 e. The molecule has 0 amide bonds. The Kier molecular flexibility index (Phi) is 3.40. The molecular formula is C11H10ClN3O2S. The van der Waals surface area contributed by atoms with Gasteiger partial charge in [0.15, 0.2) is 5.03 Å². The fourth-order valence-corrected chi connectivity index (χ4v) is 2.75. The Labute approximate surface area is 110 Å². The Morgan fingerprint density at radius 2 is 1.89 bits per heavy atom. The fourth-order valence-electron chi connectivity index (χ4n) is 1.36. The van der Waals surface area contributed by atoms with Crippen LogP contribution in [0.1, 0.15) is 0 Å². The molecular weight excluding hydrogens is 274 g/mol. The van der Waals surface area contributed by atoms with Gasteiger partial charge in [-0.3, -0.25) is 4.72 Å². The van der Waals surface area contributed by atoms with E-state index in [0.29, 0.717) is 5.02 Å². The molecule has 1 aromatic carbocycles. The Balaban J connectivity index is 2.40. The number of nitrogens with one attached hydrogen (secondary N) is 1. The molecule has 1 aromatic heterocycles. The summed E-state index contributed by atoms with van der Waals surface area (Å²) in [5, 5.41) is 0.0838. The van der Waals surface area contributed by atoms with Gasteiger partial charge in [0.25, 0.3) is 10.0 Å². The molecule has 0 aliphatic carbocycles. The molecule has 2 aromatic rings. The first-order valence-electron chi connectivity index (χ1n) is 4.98. The van der Waals surface area contributed by atoms with Crippen LogP contribution in [-0.4, -0.2) is 13.4 Å². The molecule has 0 bridgehead atoms. The number of anilines is 2. The van der Waals surface area contributed by atoms with Crippen molar-refractivity contribution in [3.05, 3.63) is 47.6 Å². The van der Waals surface area contributed by atoms with E-state index in [0.717, 1.165) is 0 Å². The van der Waals surface area contributed by atoms with Gasteiger partial charge < -0.3 is 5.73 Å². The highest BCUT2D eigenvalue weighted by Gasteiger charge is 2.19. The smallest absolute Gasteiger partial charge is 0.281 e. The third-order valence-electron chi connectivity index (χ3n) is 2.17. The second kappa shape index (κ2) is 4.83. The van der Waals surface area contributed by atoms with E-state index in [1.54, 1.807) is 30.3 Å². The van der Waals surface area contributed by atoms with Crippen LogP contribution in [0.4, 0.5) is 11.4 Å². The van der Waals surface area contributed by atoms with E-state index in [2.05, 4.69) is 9.71 Å². The first-order valence-corrected chi connectivity index (χ1v) is 6.84. The number of hydrogen-bond donors (Lipinski definition) is 2. The average molecular weight is 284 g/mol. The molecule has 5 nitrogen and oxygen atoms in total. The van der Waals surface area contributed by atoms with Crippen molar-refractivity contribution in [3.8, 4) is 0 Å². The van der Waals surface area contributed by atoms with Crippen molar-refractivity contribution >= 4 is 33.0 Å². The maximum absolute atomic E-state index is 12.1. The quantitative estimate of drug-likeness (QED) is 0.903. The lowest BCUT2D eigenvalue weighted by Gasteiger charge is -2.09. The van der Waals surface area contributed by atoms with E-state index in [1.165, 1.54) is 12.3 Å². The van der Waals surface area contributed by atoms with Crippen LogP contribution in [-0.2, 0) is 10.0 Å². The monoisotopic (exact) mass is 283 g/mol. The van der Waals surface area contributed by atoms with Gasteiger partial charge in [-0.25, -0.2) is 4.98 Å². The number of sulfonamides is 1. The zero-order chi connectivity index (χ0) is 13.2.